The highest BCUT2D eigenvalue weighted by Crippen LogP contribution is 2.30. The summed E-state index contributed by atoms with van der Waals surface area (Å²) in [4.78, 5) is 13.8. The second-order valence-corrected chi connectivity index (χ2v) is 6.98. The van der Waals surface area contributed by atoms with Gasteiger partial charge >= 0.3 is 0 Å². The van der Waals surface area contributed by atoms with Crippen molar-refractivity contribution >= 4 is 5.91 Å². The lowest BCUT2D eigenvalue weighted by Gasteiger charge is -2.32. The van der Waals surface area contributed by atoms with Gasteiger partial charge in [-0.25, -0.2) is 0 Å². The standard InChI is InChI=1S/C22H28N2O3/c1-26-21-16-18(22(23)25)9-10-20(21)27-19-11-14-24(15-12-19)13-5-8-17-6-3-2-4-7-17/h2-4,6-7,9-10,16,19H,5,8,11-15H2,1H3,(H2,23,25). The van der Waals surface area contributed by atoms with Crippen molar-refractivity contribution in [1.29, 1.82) is 0 Å². The number of piperidine rings is 1. The zero-order chi connectivity index (χ0) is 19.1. The van der Waals surface area contributed by atoms with E-state index in [1.807, 2.05) is 0 Å². The number of likely N-dealkylation sites (tertiary alicyclic amines) is 1. The third kappa shape index (κ3) is 5.47. The maximum atomic E-state index is 11.3. The van der Waals surface area contributed by atoms with Crippen LogP contribution < -0.4 is 15.2 Å². The van der Waals surface area contributed by atoms with Gasteiger partial charge in [0.2, 0.25) is 5.91 Å². The second-order valence-electron chi connectivity index (χ2n) is 6.98. The molecule has 1 aliphatic rings. The number of hydrogen-bond donors (Lipinski definition) is 1. The summed E-state index contributed by atoms with van der Waals surface area (Å²) >= 11 is 0. The summed E-state index contributed by atoms with van der Waals surface area (Å²) in [6, 6.07) is 15.7. The van der Waals surface area contributed by atoms with Crippen LogP contribution in [0.4, 0.5) is 0 Å². The van der Waals surface area contributed by atoms with Crippen molar-refractivity contribution in [3.63, 3.8) is 0 Å². The molecule has 0 aliphatic carbocycles. The summed E-state index contributed by atoms with van der Waals surface area (Å²) in [7, 11) is 1.57. The number of methoxy groups -OCH3 is 1. The molecule has 1 amide bonds. The normalized spacial score (nSPS) is 15.4. The topological polar surface area (TPSA) is 64.8 Å². The van der Waals surface area contributed by atoms with Gasteiger partial charge in [0.15, 0.2) is 11.5 Å². The maximum Gasteiger partial charge on any atom is 0.248 e. The lowest BCUT2D eigenvalue weighted by atomic mass is 10.1. The lowest BCUT2D eigenvalue weighted by molar-refractivity contribution is 0.0971. The van der Waals surface area contributed by atoms with Crippen molar-refractivity contribution in [2.24, 2.45) is 5.73 Å². The van der Waals surface area contributed by atoms with E-state index in [1.54, 1.807) is 25.3 Å². The van der Waals surface area contributed by atoms with E-state index in [-0.39, 0.29) is 6.10 Å². The van der Waals surface area contributed by atoms with Gasteiger partial charge in [0.1, 0.15) is 6.10 Å². The van der Waals surface area contributed by atoms with Crippen LogP contribution in [0.1, 0.15) is 35.2 Å². The number of ether oxygens (including phenoxy) is 2. The molecular weight excluding hydrogens is 340 g/mol. The smallest absolute Gasteiger partial charge is 0.248 e. The highest BCUT2D eigenvalue weighted by molar-refractivity contribution is 5.93. The SMILES string of the molecule is COc1cc(C(N)=O)ccc1OC1CCN(CCCc2ccccc2)CC1. The number of carbonyl (C=O) groups is 1. The van der Waals surface area contributed by atoms with Crippen molar-refractivity contribution < 1.29 is 14.3 Å². The molecule has 2 N–H and O–H groups in total. The molecule has 2 aromatic carbocycles. The molecule has 0 spiro atoms. The van der Waals surface area contributed by atoms with Crippen LogP contribution in [0.15, 0.2) is 48.5 Å². The van der Waals surface area contributed by atoms with Gasteiger partial charge in [-0.05, 0) is 56.0 Å². The van der Waals surface area contributed by atoms with Gasteiger partial charge in [0, 0.05) is 18.7 Å². The van der Waals surface area contributed by atoms with E-state index in [0.29, 0.717) is 17.1 Å². The number of benzene rings is 2. The number of nitrogens with zero attached hydrogens (tertiary/aromatic N) is 1. The Labute approximate surface area is 161 Å². The maximum absolute atomic E-state index is 11.3. The highest BCUT2D eigenvalue weighted by atomic mass is 16.5. The molecular formula is C22H28N2O3. The first-order chi connectivity index (χ1) is 13.2. The Morgan fingerprint density at radius 2 is 1.85 bits per heavy atom. The van der Waals surface area contributed by atoms with Gasteiger partial charge < -0.3 is 20.1 Å². The number of hydrogen-bond acceptors (Lipinski definition) is 4. The first-order valence-corrected chi connectivity index (χ1v) is 9.56. The molecule has 0 saturated carbocycles. The molecule has 0 bridgehead atoms. The van der Waals surface area contributed by atoms with Crippen LogP contribution >= 0.6 is 0 Å². The summed E-state index contributed by atoms with van der Waals surface area (Å²) in [5.41, 5.74) is 7.15. The first-order valence-electron chi connectivity index (χ1n) is 9.56. The van der Waals surface area contributed by atoms with Gasteiger partial charge in [0.05, 0.1) is 7.11 Å². The van der Waals surface area contributed by atoms with Crippen LogP contribution in [0.25, 0.3) is 0 Å². The number of rotatable bonds is 8. The zero-order valence-corrected chi connectivity index (χ0v) is 15.9. The molecule has 3 rings (SSSR count). The molecule has 1 fully saturated rings. The van der Waals surface area contributed by atoms with Gasteiger partial charge in [-0.2, -0.15) is 0 Å². The number of primary amides is 1. The number of carbonyl (C=O) groups excluding carboxylic acids is 1. The molecule has 0 atom stereocenters. The molecule has 1 aliphatic heterocycles. The van der Waals surface area contributed by atoms with Crippen LogP contribution in [-0.4, -0.2) is 43.7 Å². The van der Waals surface area contributed by atoms with Crippen molar-refractivity contribution in [2.75, 3.05) is 26.7 Å². The third-order valence-electron chi connectivity index (χ3n) is 5.06. The summed E-state index contributed by atoms with van der Waals surface area (Å²) < 4.78 is 11.5. The zero-order valence-electron chi connectivity index (χ0n) is 15.9. The summed E-state index contributed by atoms with van der Waals surface area (Å²) in [5, 5.41) is 0. The molecule has 1 heterocycles. The number of amides is 1. The van der Waals surface area contributed by atoms with Crippen LogP contribution in [0.2, 0.25) is 0 Å². The largest absolute Gasteiger partial charge is 0.493 e. The highest BCUT2D eigenvalue weighted by Gasteiger charge is 2.21. The molecule has 0 unspecified atom stereocenters. The molecule has 27 heavy (non-hydrogen) atoms. The van der Waals surface area contributed by atoms with E-state index in [2.05, 4.69) is 35.2 Å². The van der Waals surface area contributed by atoms with Gasteiger partial charge in [-0.1, -0.05) is 30.3 Å². The predicted octanol–water partition coefficient (Wildman–Crippen LogP) is 3.27. The predicted molar refractivity (Wildman–Crippen MR) is 106 cm³/mol. The van der Waals surface area contributed by atoms with E-state index in [0.717, 1.165) is 38.9 Å². The van der Waals surface area contributed by atoms with Crippen molar-refractivity contribution in [1.82, 2.24) is 4.90 Å². The average molecular weight is 368 g/mol. The number of nitrogens with two attached hydrogens (primary N) is 1. The Balaban J connectivity index is 1.45. The van der Waals surface area contributed by atoms with E-state index >= 15 is 0 Å². The molecule has 5 heteroatoms. The van der Waals surface area contributed by atoms with Crippen LogP contribution in [0.5, 0.6) is 11.5 Å². The minimum absolute atomic E-state index is 0.170. The fourth-order valence-electron chi connectivity index (χ4n) is 3.50. The third-order valence-corrected chi connectivity index (χ3v) is 5.06. The first kappa shape index (κ1) is 19.2. The Kier molecular flexibility index (Phi) is 6.71. The average Bonchev–Trinajstić information content (AvgIpc) is 2.70. The Hall–Kier alpha value is -2.53. The number of aryl methyl sites for hydroxylation is 1. The van der Waals surface area contributed by atoms with Gasteiger partial charge in [-0.3, -0.25) is 4.79 Å². The summed E-state index contributed by atoms with van der Waals surface area (Å²) in [6.45, 7) is 3.21. The molecule has 144 valence electrons. The summed E-state index contributed by atoms with van der Waals surface area (Å²) in [5.74, 6) is 0.755. The van der Waals surface area contributed by atoms with Crippen LogP contribution in [-0.2, 0) is 6.42 Å². The molecule has 1 saturated heterocycles. The van der Waals surface area contributed by atoms with Crippen molar-refractivity contribution in [3.05, 3.63) is 59.7 Å². The quantitative estimate of drug-likeness (QED) is 0.777. The van der Waals surface area contributed by atoms with E-state index < -0.39 is 5.91 Å². The van der Waals surface area contributed by atoms with E-state index in [1.165, 1.54) is 12.0 Å². The molecule has 0 aromatic heterocycles. The fourth-order valence-corrected chi connectivity index (χ4v) is 3.50. The van der Waals surface area contributed by atoms with E-state index in [9.17, 15) is 4.79 Å². The Morgan fingerprint density at radius 3 is 2.52 bits per heavy atom. The Bertz CT molecular complexity index is 740. The van der Waals surface area contributed by atoms with Crippen LogP contribution in [0, 0.1) is 0 Å². The summed E-state index contributed by atoms with van der Waals surface area (Å²) in [6.07, 6.45) is 4.46. The van der Waals surface area contributed by atoms with Crippen LogP contribution in [0.3, 0.4) is 0 Å². The Morgan fingerprint density at radius 1 is 1.11 bits per heavy atom. The molecule has 5 nitrogen and oxygen atoms in total. The minimum Gasteiger partial charge on any atom is -0.493 e. The fraction of sp³-hybridized carbons (Fsp3) is 0.409. The van der Waals surface area contributed by atoms with E-state index in [4.69, 9.17) is 15.2 Å². The lowest BCUT2D eigenvalue weighted by Crippen LogP contribution is -2.38. The van der Waals surface area contributed by atoms with Crippen molar-refractivity contribution in [2.45, 2.75) is 31.8 Å². The molecule has 2 aromatic rings. The minimum atomic E-state index is -0.469. The molecule has 0 radical (unpaired) electrons. The van der Waals surface area contributed by atoms with Gasteiger partial charge in [-0.15, -0.1) is 0 Å². The van der Waals surface area contributed by atoms with Crippen molar-refractivity contribution in [3.8, 4) is 11.5 Å². The monoisotopic (exact) mass is 368 g/mol. The van der Waals surface area contributed by atoms with Gasteiger partial charge in [0.25, 0.3) is 0 Å². The second kappa shape index (κ2) is 9.42.